The first-order valence-electron chi connectivity index (χ1n) is 9.23. The molecule has 2 amide bonds. The summed E-state index contributed by atoms with van der Waals surface area (Å²) in [5.74, 6) is 1.45. The van der Waals surface area contributed by atoms with Crippen LogP contribution in [0.2, 0.25) is 0 Å². The molecule has 1 aromatic rings. The van der Waals surface area contributed by atoms with E-state index in [9.17, 15) is 9.59 Å². The Morgan fingerprint density at radius 3 is 2.92 bits per heavy atom. The highest BCUT2D eigenvalue weighted by atomic mass is 16.2. The third-order valence-electron chi connectivity index (χ3n) is 5.56. The van der Waals surface area contributed by atoms with Gasteiger partial charge in [-0.1, -0.05) is 12.8 Å². The predicted octanol–water partition coefficient (Wildman–Crippen LogP) is 0.877. The number of nitrogens with one attached hydrogen (secondary N) is 3. The lowest BCUT2D eigenvalue weighted by atomic mass is 9.85. The van der Waals surface area contributed by atoms with Crippen molar-refractivity contribution in [1.82, 2.24) is 15.6 Å². The van der Waals surface area contributed by atoms with E-state index in [2.05, 4.69) is 20.9 Å². The van der Waals surface area contributed by atoms with Gasteiger partial charge >= 0.3 is 0 Å². The van der Waals surface area contributed by atoms with Crippen molar-refractivity contribution in [2.24, 2.45) is 5.92 Å². The number of aromatic nitrogens is 1. The van der Waals surface area contributed by atoms with E-state index in [-0.39, 0.29) is 17.9 Å². The minimum atomic E-state index is -0.0985. The monoisotopic (exact) mass is 343 g/mol. The molecule has 0 bridgehead atoms. The van der Waals surface area contributed by atoms with E-state index in [1.54, 1.807) is 6.20 Å². The normalized spacial score (nSPS) is 29.0. The fraction of sp³-hybridized carbons (Fsp3) is 0.611. The molecule has 3 aliphatic rings. The molecule has 3 fully saturated rings. The maximum absolute atomic E-state index is 12.5. The molecule has 134 valence electrons. The van der Waals surface area contributed by atoms with Crippen molar-refractivity contribution >= 4 is 23.3 Å². The number of fused-ring (bicyclic) bond motifs is 1. The summed E-state index contributed by atoms with van der Waals surface area (Å²) in [6.45, 7) is 1.71. The quantitative estimate of drug-likeness (QED) is 0.758. The lowest BCUT2D eigenvalue weighted by Crippen LogP contribution is -2.48. The highest BCUT2D eigenvalue weighted by Crippen LogP contribution is 2.33. The molecule has 2 aliphatic heterocycles. The smallest absolute Gasteiger partial charge is 0.241 e. The lowest BCUT2D eigenvalue weighted by molar-refractivity contribution is -0.120. The van der Waals surface area contributed by atoms with Crippen LogP contribution >= 0.6 is 0 Å². The van der Waals surface area contributed by atoms with Crippen LogP contribution in [0.3, 0.4) is 0 Å². The molecular weight excluding hydrogens is 318 g/mol. The zero-order valence-electron chi connectivity index (χ0n) is 14.3. The molecule has 0 spiro atoms. The minimum absolute atomic E-state index is 0.0132. The Bertz CT molecular complexity index is 633. The predicted molar refractivity (Wildman–Crippen MR) is 95.4 cm³/mol. The van der Waals surface area contributed by atoms with Crippen LogP contribution in [0.15, 0.2) is 18.3 Å². The van der Waals surface area contributed by atoms with Gasteiger partial charge < -0.3 is 20.9 Å². The molecule has 3 atom stereocenters. The third-order valence-corrected chi connectivity index (χ3v) is 5.56. The van der Waals surface area contributed by atoms with Crippen molar-refractivity contribution in [3.63, 3.8) is 0 Å². The van der Waals surface area contributed by atoms with Crippen LogP contribution in [0.25, 0.3) is 0 Å². The first-order valence-corrected chi connectivity index (χ1v) is 9.23. The van der Waals surface area contributed by atoms with E-state index in [1.807, 2.05) is 17.0 Å². The number of rotatable bonds is 3. The van der Waals surface area contributed by atoms with Crippen molar-refractivity contribution in [2.75, 3.05) is 29.9 Å². The van der Waals surface area contributed by atoms with E-state index in [0.29, 0.717) is 30.7 Å². The summed E-state index contributed by atoms with van der Waals surface area (Å²) in [6.07, 6.45) is 7.58. The highest BCUT2D eigenvalue weighted by molar-refractivity contribution is 5.95. The van der Waals surface area contributed by atoms with Crippen LogP contribution in [-0.2, 0) is 9.59 Å². The van der Waals surface area contributed by atoms with Gasteiger partial charge in [0.05, 0.1) is 24.5 Å². The summed E-state index contributed by atoms with van der Waals surface area (Å²) in [4.78, 5) is 30.3. The molecule has 25 heavy (non-hydrogen) atoms. The largest absolute Gasteiger partial charge is 0.353 e. The average Bonchev–Trinajstić information content (AvgIpc) is 3.07. The Balaban J connectivity index is 1.35. The fourth-order valence-electron chi connectivity index (χ4n) is 4.23. The van der Waals surface area contributed by atoms with Gasteiger partial charge in [-0.15, -0.1) is 0 Å². The van der Waals surface area contributed by atoms with Crippen LogP contribution in [0.5, 0.6) is 0 Å². The van der Waals surface area contributed by atoms with Crippen LogP contribution in [0.1, 0.15) is 32.1 Å². The van der Waals surface area contributed by atoms with Crippen molar-refractivity contribution in [1.29, 1.82) is 0 Å². The third kappa shape index (κ3) is 3.61. The van der Waals surface area contributed by atoms with Gasteiger partial charge in [-0.3, -0.25) is 9.59 Å². The van der Waals surface area contributed by atoms with Crippen molar-refractivity contribution < 1.29 is 9.59 Å². The van der Waals surface area contributed by atoms with Crippen LogP contribution in [0.4, 0.5) is 11.5 Å². The maximum Gasteiger partial charge on any atom is 0.241 e. The molecule has 7 heteroatoms. The Morgan fingerprint density at radius 1 is 1.28 bits per heavy atom. The van der Waals surface area contributed by atoms with E-state index in [0.717, 1.165) is 18.8 Å². The summed E-state index contributed by atoms with van der Waals surface area (Å²) in [7, 11) is 0. The van der Waals surface area contributed by atoms with Crippen LogP contribution in [-0.4, -0.2) is 48.5 Å². The number of amides is 2. The Labute approximate surface area is 147 Å². The maximum atomic E-state index is 12.5. The lowest BCUT2D eigenvalue weighted by Gasteiger charge is -2.27. The van der Waals surface area contributed by atoms with Gasteiger partial charge in [0, 0.05) is 19.1 Å². The second kappa shape index (κ2) is 7.00. The molecular formula is C18H25N5O2. The van der Waals surface area contributed by atoms with Gasteiger partial charge in [-0.25, -0.2) is 4.98 Å². The molecule has 1 aromatic heterocycles. The molecule has 7 nitrogen and oxygen atoms in total. The Morgan fingerprint density at radius 2 is 2.16 bits per heavy atom. The summed E-state index contributed by atoms with van der Waals surface area (Å²) in [6, 6.07) is 4.12. The van der Waals surface area contributed by atoms with Crippen molar-refractivity contribution in [2.45, 2.75) is 44.2 Å². The fourth-order valence-corrected chi connectivity index (χ4v) is 4.23. The number of carbonyl (C=O) groups excluding carboxylic acids is 2. The van der Waals surface area contributed by atoms with E-state index < -0.39 is 0 Å². The van der Waals surface area contributed by atoms with Gasteiger partial charge in [0.2, 0.25) is 11.8 Å². The SMILES string of the molecule is O=C1CN(c2ccc(NC(=O)C3CC4CCCCC4N3)cn2)CCN1. The van der Waals surface area contributed by atoms with Crippen molar-refractivity contribution in [3.8, 4) is 0 Å². The van der Waals surface area contributed by atoms with Crippen molar-refractivity contribution in [3.05, 3.63) is 18.3 Å². The molecule has 4 rings (SSSR count). The summed E-state index contributed by atoms with van der Waals surface area (Å²) < 4.78 is 0. The number of anilines is 2. The Kier molecular flexibility index (Phi) is 4.57. The average molecular weight is 343 g/mol. The number of hydrogen-bond acceptors (Lipinski definition) is 5. The molecule has 0 radical (unpaired) electrons. The number of pyridine rings is 1. The summed E-state index contributed by atoms with van der Waals surface area (Å²) in [5, 5.41) is 9.27. The zero-order chi connectivity index (χ0) is 17.2. The Hall–Kier alpha value is -2.15. The molecule has 0 aromatic carbocycles. The van der Waals surface area contributed by atoms with Crippen LogP contribution < -0.4 is 20.9 Å². The first-order chi connectivity index (χ1) is 12.2. The van der Waals surface area contributed by atoms with Crippen LogP contribution in [0, 0.1) is 5.92 Å². The first kappa shape index (κ1) is 16.3. The van der Waals surface area contributed by atoms with Gasteiger partial charge in [-0.05, 0) is 37.3 Å². The van der Waals surface area contributed by atoms with E-state index in [4.69, 9.17) is 0 Å². The molecule has 3 unspecified atom stereocenters. The molecule has 2 saturated heterocycles. The second-order valence-corrected chi connectivity index (χ2v) is 7.27. The second-order valence-electron chi connectivity index (χ2n) is 7.27. The highest BCUT2D eigenvalue weighted by Gasteiger charge is 2.38. The van der Waals surface area contributed by atoms with Gasteiger partial charge in [0.25, 0.3) is 0 Å². The summed E-state index contributed by atoms with van der Waals surface area (Å²) in [5.41, 5.74) is 0.701. The molecule has 1 saturated carbocycles. The number of hydrogen-bond donors (Lipinski definition) is 3. The topological polar surface area (TPSA) is 86.4 Å². The van der Waals surface area contributed by atoms with E-state index in [1.165, 1.54) is 25.7 Å². The van der Waals surface area contributed by atoms with E-state index >= 15 is 0 Å². The molecule has 1 aliphatic carbocycles. The van der Waals surface area contributed by atoms with Gasteiger partial charge in [0.1, 0.15) is 5.82 Å². The standard InChI is InChI=1S/C18H25N5O2/c24-17-11-23(8-7-19-17)16-6-5-13(10-20-16)21-18(25)15-9-12-3-1-2-4-14(12)22-15/h5-6,10,12,14-15,22H,1-4,7-9,11H2,(H,19,24)(H,21,25). The number of piperazine rings is 1. The number of carbonyl (C=O) groups is 2. The molecule has 3 N–H and O–H groups in total. The summed E-state index contributed by atoms with van der Waals surface area (Å²) >= 11 is 0. The minimum Gasteiger partial charge on any atom is -0.353 e. The number of nitrogens with zero attached hydrogens (tertiary/aromatic N) is 2. The molecule has 3 heterocycles. The van der Waals surface area contributed by atoms with Gasteiger partial charge in [0.15, 0.2) is 0 Å². The van der Waals surface area contributed by atoms with Gasteiger partial charge in [-0.2, -0.15) is 0 Å². The zero-order valence-corrected chi connectivity index (χ0v) is 14.3.